The van der Waals surface area contributed by atoms with Crippen LogP contribution in [0.2, 0.25) is 0 Å². The van der Waals surface area contributed by atoms with Gasteiger partial charge in [0.25, 0.3) is 5.91 Å². The minimum absolute atomic E-state index is 0.260. The summed E-state index contributed by atoms with van der Waals surface area (Å²) in [5.41, 5.74) is 4.63. The van der Waals surface area contributed by atoms with Gasteiger partial charge in [-0.25, -0.2) is 0 Å². The number of nitrogens with one attached hydrogen (secondary N) is 2. The third-order valence-electron chi connectivity index (χ3n) is 2.42. The van der Waals surface area contributed by atoms with E-state index in [9.17, 15) is 9.59 Å². The predicted molar refractivity (Wildman–Crippen MR) is 82.4 cm³/mol. The van der Waals surface area contributed by atoms with E-state index >= 15 is 0 Å². The van der Waals surface area contributed by atoms with Crippen molar-refractivity contribution in [2.75, 3.05) is 18.6 Å². The Morgan fingerprint density at radius 1 is 1.19 bits per heavy atom. The Kier molecular flexibility index (Phi) is 7.45. The van der Waals surface area contributed by atoms with Crippen molar-refractivity contribution >= 4 is 23.6 Å². The van der Waals surface area contributed by atoms with E-state index < -0.39 is 12.0 Å². The highest BCUT2D eigenvalue weighted by Crippen LogP contribution is 2.18. The maximum atomic E-state index is 11.7. The molecule has 1 aromatic rings. The third-order valence-corrected chi connectivity index (χ3v) is 2.97. The van der Waals surface area contributed by atoms with Crippen LogP contribution in [0, 0.1) is 0 Å². The van der Waals surface area contributed by atoms with Crippen molar-refractivity contribution in [1.29, 1.82) is 0 Å². The molecule has 2 N–H and O–H groups in total. The van der Waals surface area contributed by atoms with E-state index in [0.29, 0.717) is 12.4 Å². The minimum Gasteiger partial charge on any atom is -0.494 e. The van der Waals surface area contributed by atoms with Crippen LogP contribution in [0.15, 0.2) is 24.3 Å². The van der Waals surface area contributed by atoms with Gasteiger partial charge >= 0.3 is 0 Å². The first-order valence-electron chi connectivity index (χ1n) is 6.54. The maximum absolute atomic E-state index is 11.7. The molecule has 0 aliphatic rings. The fourth-order valence-electron chi connectivity index (χ4n) is 1.44. The van der Waals surface area contributed by atoms with Crippen LogP contribution < -0.4 is 20.3 Å². The summed E-state index contributed by atoms with van der Waals surface area (Å²) in [5.74, 6) is 0.902. The lowest BCUT2D eigenvalue weighted by Gasteiger charge is -2.15. The summed E-state index contributed by atoms with van der Waals surface area (Å²) in [4.78, 5) is 23.0. The second-order valence-corrected chi connectivity index (χ2v) is 5.00. The summed E-state index contributed by atoms with van der Waals surface area (Å²) < 4.78 is 10.8. The number of carbonyl (C=O) groups excluding carboxylic acids is 2. The van der Waals surface area contributed by atoms with Crippen molar-refractivity contribution in [3.8, 4) is 11.5 Å². The summed E-state index contributed by atoms with van der Waals surface area (Å²) in [6, 6.07) is 6.98. The number of hydrogen-bond donors (Lipinski definition) is 2. The van der Waals surface area contributed by atoms with Crippen molar-refractivity contribution in [3.05, 3.63) is 24.3 Å². The summed E-state index contributed by atoms with van der Waals surface area (Å²) in [7, 11) is 0. The zero-order chi connectivity index (χ0) is 15.7. The predicted octanol–water partition coefficient (Wildman–Crippen LogP) is 1.36. The molecule has 2 amide bonds. The molecule has 1 aromatic carbocycles. The van der Waals surface area contributed by atoms with E-state index in [0.717, 1.165) is 5.75 Å². The lowest BCUT2D eigenvalue weighted by atomic mass is 10.3. The van der Waals surface area contributed by atoms with Gasteiger partial charge in [0.05, 0.1) is 12.4 Å². The number of ether oxygens (including phenoxy) is 2. The van der Waals surface area contributed by atoms with Gasteiger partial charge in [0.2, 0.25) is 5.91 Å². The molecule has 0 radical (unpaired) electrons. The summed E-state index contributed by atoms with van der Waals surface area (Å²) in [5, 5.41) is 0. The molecule has 6 nitrogen and oxygen atoms in total. The number of thioether (sulfide) groups is 1. The molecule has 0 unspecified atom stereocenters. The van der Waals surface area contributed by atoms with Crippen LogP contribution in [0.25, 0.3) is 0 Å². The molecule has 116 valence electrons. The molecule has 21 heavy (non-hydrogen) atoms. The van der Waals surface area contributed by atoms with Crippen molar-refractivity contribution in [3.63, 3.8) is 0 Å². The first kappa shape index (κ1) is 17.2. The highest BCUT2D eigenvalue weighted by Gasteiger charge is 2.15. The van der Waals surface area contributed by atoms with Crippen molar-refractivity contribution < 1.29 is 19.1 Å². The SMILES string of the molecule is CCOc1ccc(O[C@@H](C)C(=O)NNC(=O)CSC)cc1. The van der Waals surface area contributed by atoms with Crippen molar-refractivity contribution in [2.45, 2.75) is 20.0 Å². The van der Waals surface area contributed by atoms with Gasteiger partial charge in [0.15, 0.2) is 6.10 Å². The molecule has 0 saturated heterocycles. The Balaban J connectivity index is 2.42. The zero-order valence-electron chi connectivity index (χ0n) is 12.3. The Morgan fingerprint density at radius 3 is 2.38 bits per heavy atom. The van der Waals surface area contributed by atoms with Gasteiger partial charge in [0, 0.05) is 0 Å². The average Bonchev–Trinajstić information content (AvgIpc) is 2.47. The van der Waals surface area contributed by atoms with E-state index in [1.54, 1.807) is 37.4 Å². The van der Waals surface area contributed by atoms with E-state index in [2.05, 4.69) is 10.9 Å². The number of amides is 2. The fourth-order valence-corrected chi connectivity index (χ4v) is 1.77. The van der Waals surface area contributed by atoms with E-state index in [1.807, 2.05) is 6.92 Å². The molecule has 0 fully saturated rings. The van der Waals surface area contributed by atoms with Gasteiger partial charge in [-0.05, 0) is 44.4 Å². The molecule has 1 rings (SSSR count). The fraction of sp³-hybridized carbons (Fsp3) is 0.429. The molecular weight excluding hydrogens is 292 g/mol. The highest BCUT2D eigenvalue weighted by atomic mass is 32.2. The highest BCUT2D eigenvalue weighted by molar-refractivity contribution is 7.99. The number of hydrazine groups is 1. The molecule has 0 saturated carbocycles. The Labute approximate surface area is 128 Å². The molecule has 0 heterocycles. The molecule has 0 aromatic heterocycles. The molecule has 1 atom stereocenters. The molecule has 0 spiro atoms. The number of rotatable bonds is 7. The normalized spacial score (nSPS) is 11.4. The zero-order valence-corrected chi connectivity index (χ0v) is 13.2. The Morgan fingerprint density at radius 2 is 1.81 bits per heavy atom. The Hall–Kier alpha value is -1.89. The number of carbonyl (C=O) groups is 2. The number of hydrogen-bond acceptors (Lipinski definition) is 5. The molecule has 7 heteroatoms. The Bertz CT molecular complexity index is 465. The van der Waals surface area contributed by atoms with E-state index in [-0.39, 0.29) is 11.7 Å². The van der Waals surface area contributed by atoms with E-state index in [1.165, 1.54) is 11.8 Å². The molecule has 0 aliphatic heterocycles. The van der Waals surface area contributed by atoms with Crippen LogP contribution in [0.5, 0.6) is 11.5 Å². The van der Waals surface area contributed by atoms with Gasteiger partial charge in [-0.2, -0.15) is 11.8 Å². The smallest absolute Gasteiger partial charge is 0.279 e. The summed E-state index contributed by atoms with van der Waals surface area (Å²) >= 11 is 1.37. The molecule has 0 bridgehead atoms. The summed E-state index contributed by atoms with van der Waals surface area (Å²) in [6.45, 7) is 4.10. The second-order valence-electron chi connectivity index (χ2n) is 4.13. The van der Waals surface area contributed by atoms with Crippen LogP contribution in [0.4, 0.5) is 0 Å². The first-order chi connectivity index (χ1) is 10.1. The topological polar surface area (TPSA) is 76.7 Å². The first-order valence-corrected chi connectivity index (χ1v) is 7.93. The molecule has 0 aliphatic carbocycles. The standard InChI is InChI=1S/C14H20N2O4S/c1-4-19-11-5-7-12(8-6-11)20-10(2)14(18)16-15-13(17)9-21-3/h5-8,10H,4,9H2,1-3H3,(H,15,17)(H,16,18)/t10-/m0/s1. The van der Waals surface area contributed by atoms with E-state index in [4.69, 9.17) is 9.47 Å². The van der Waals surface area contributed by atoms with Gasteiger partial charge in [-0.15, -0.1) is 0 Å². The van der Waals surface area contributed by atoms with Crippen LogP contribution in [-0.2, 0) is 9.59 Å². The van der Waals surface area contributed by atoms with Gasteiger partial charge in [-0.3, -0.25) is 20.4 Å². The third kappa shape index (κ3) is 6.40. The maximum Gasteiger partial charge on any atom is 0.279 e. The minimum atomic E-state index is -0.725. The number of benzene rings is 1. The lowest BCUT2D eigenvalue weighted by Crippen LogP contribution is -2.47. The second kappa shape index (κ2) is 9.12. The largest absolute Gasteiger partial charge is 0.494 e. The summed E-state index contributed by atoms with van der Waals surface area (Å²) in [6.07, 6.45) is 1.08. The lowest BCUT2D eigenvalue weighted by molar-refractivity contribution is -0.131. The van der Waals surface area contributed by atoms with Gasteiger partial charge in [-0.1, -0.05) is 0 Å². The van der Waals surface area contributed by atoms with Crippen molar-refractivity contribution in [1.82, 2.24) is 10.9 Å². The average molecular weight is 312 g/mol. The van der Waals surface area contributed by atoms with Crippen LogP contribution in [0.3, 0.4) is 0 Å². The van der Waals surface area contributed by atoms with Crippen LogP contribution in [0.1, 0.15) is 13.8 Å². The van der Waals surface area contributed by atoms with Crippen LogP contribution >= 0.6 is 11.8 Å². The van der Waals surface area contributed by atoms with Gasteiger partial charge < -0.3 is 9.47 Å². The van der Waals surface area contributed by atoms with Crippen LogP contribution in [-0.4, -0.2) is 36.5 Å². The van der Waals surface area contributed by atoms with Gasteiger partial charge in [0.1, 0.15) is 11.5 Å². The molecular formula is C14H20N2O4S. The van der Waals surface area contributed by atoms with Crippen molar-refractivity contribution in [2.24, 2.45) is 0 Å². The quantitative estimate of drug-likeness (QED) is 0.744. The monoisotopic (exact) mass is 312 g/mol.